The van der Waals surface area contributed by atoms with Gasteiger partial charge < -0.3 is 10.1 Å². The Balaban J connectivity index is 2.48. The summed E-state index contributed by atoms with van der Waals surface area (Å²) in [4.78, 5) is 12.7. The lowest BCUT2D eigenvalue weighted by molar-refractivity contribution is 0.0533. The van der Waals surface area contributed by atoms with Crippen molar-refractivity contribution in [3.63, 3.8) is 0 Å². The van der Waals surface area contributed by atoms with Crippen molar-refractivity contribution >= 4 is 52.0 Å². The van der Waals surface area contributed by atoms with E-state index in [2.05, 4.69) is 11.4 Å². The average Bonchev–Trinajstić information content (AvgIpc) is 2.86. The number of thioether (sulfide) groups is 1. The van der Waals surface area contributed by atoms with Crippen LogP contribution >= 0.6 is 34.7 Å². The lowest BCUT2D eigenvalue weighted by Crippen LogP contribution is -2.05. The summed E-state index contributed by atoms with van der Waals surface area (Å²) >= 11 is 8.75. The van der Waals surface area contributed by atoms with Gasteiger partial charge in [0.05, 0.1) is 16.5 Å². The molecule has 0 unspecified atom stereocenters. The molecule has 126 valence electrons. The van der Waals surface area contributed by atoms with E-state index in [-0.39, 0.29) is 6.61 Å². The van der Waals surface area contributed by atoms with Gasteiger partial charge in [-0.15, -0.1) is 23.1 Å². The number of esters is 1. The zero-order valence-corrected chi connectivity index (χ0v) is 15.9. The Hall–Kier alpha value is -1.68. The monoisotopic (exact) mass is 380 g/mol. The van der Waals surface area contributed by atoms with Crippen molar-refractivity contribution in [1.82, 2.24) is 0 Å². The van der Waals surface area contributed by atoms with E-state index in [1.54, 1.807) is 43.0 Å². The first-order valence-electron chi connectivity index (χ1n) is 7.39. The summed E-state index contributed by atoms with van der Waals surface area (Å²) in [6, 6.07) is 9.30. The average molecular weight is 381 g/mol. The number of rotatable bonds is 6. The molecule has 0 fully saturated rings. The van der Waals surface area contributed by atoms with Gasteiger partial charge in [0, 0.05) is 16.0 Å². The third-order valence-electron chi connectivity index (χ3n) is 2.90. The molecule has 4 nitrogen and oxygen atoms in total. The summed E-state index contributed by atoms with van der Waals surface area (Å²) in [5, 5.41) is 13.7. The number of hydrogen-bond acceptors (Lipinski definition) is 6. The van der Waals surface area contributed by atoms with Crippen molar-refractivity contribution in [2.75, 3.05) is 11.9 Å². The van der Waals surface area contributed by atoms with E-state index in [9.17, 15) is 10.1 Å². The number of carbonyl (C=O) groups is 1. The minimum absolute atomic E-state index is 0.283. The molecule has 0 radical (unpaired) electrons. The fourth-order valence-electron chi connectivity index (χ4n) is 1.95. The molecule has 1 N–H and O–H groups in total. The smallest absolute Gasteiger partial charge is 0.350 e. The lowest BCUT2D eigenvalue weighted by atomic mass is 10.2. The highest BCUT2D eigenvalue weighted by Gasteiger charge is 2.25. The largest absolute Gasteiger partial charge is 0.462 e. The quantitative estimate of drug-likeness (QED) is 0.514. The first-order chi connectivity index (χ1) is 11.5. The summed E-state index contributed by atoms with van der Waals surface area (Å²) in [7, 11) is 0. The van der Waals surface area contributed by atoms with Gasteiger partial charge in [0.15, 0.2) is 0 Å². The molecule has 2 rings (SSSR count). The van der Waals surface area contributed by atoms with E-state index in [1.165, 1.54) is 11.3 Å². The number of halogens is 1. The molecule has 7 heteroatoms. The fraction of sp³-hybridized carbons (Fsp3) is 0.294. The Morgan fingerprint density at radius 3 is 2.62 bits per heavy atom. The van der Waals surface area contributed by atoms with Crippen LogP contribution in [0.2, 0.25) is 5.02 Å². The predicted octanol–water partition coefficient (Wildman–Crippen LogP) is 5.69. The van der Waals surface area contributed by atoms with Crippen LogP contribution in [0.4, 0.5) is 11.4 Å². The molecule has 0 aliphatic rings. The maximum absolute atomic E-state index is 12.3. The normalized spacial score (nSPS) is 10.5. The SMILES string of the molecule is CCOC(=O)c1sc(SC(C)C)c(C#N)c1Nc1ccc(Cl)cc1. The minimum Gasteiger partial charge on any atom is -0.462 e. The van der Waals surface area contributed by atoms with Crippen molar-refractivity contribution in [3.8, 4) is 6.07 Å². The van der Waals surface area contributed by atoms with Gasteiger partial charge in [0.25, 0.3) is 0 Å². The Morgan fingerprint density at radius 2 is 2.08 bits per heavy atom. The molecule has 0 aliphatic carbocycles. The van der Waals surface area contributed by atoms with Gasteiger partial charge in [-0.05, 0) is 31.2 Å². The van der Waals surface area contributed by atoms with Crippen LogP contribution in [-0.2, 0) is 4.74 Å². The van der Waals surface area contributed by atoms with Crippen LogP contribution in [0.15, 0.2) is 28.5 Å². The van der Waals surface area contributed by atoms with E-state index in [0.717, 1.165) is 9.90 Å². The van der Waals surface area contributed by atoms with Crippen LogP contribution in [0.3, 0.4) is 0 Å². The second kappa shape index (κ2) is 8.43. The topological polar surface area (TPSA) is 62.1 Å². The number of ether oxygens (including phenoxy) is 1. The molecule has 0 saturated heterocycles. The second-order valence-electron chi connectivity index (χ2n) is 5.10. The Morgan fingerprint density at radius 1 is 1.42 bits per heavy atom. The van der Waals surface area contributed by atoms with Gasteiger partial charge in [0.1, 0.15) is 16.5 Å². The summed E-state index contributed by atoms with van der Waals surface area (Å²) < 4.78 is 5.95. The Labute approximate surface area is 154 Å². The van der Waals surface area contributed by atoms with E-state index in [4.69, 9.17) is 16.3 Å². The standard InChI is InChI=1S/C17H17ClN2O2S2/c1-4-22-16(21)15-14(20-12-7-5-11(18)6-8-12)13(9-19)17(24-15)23-10(2)3/h5-8,10,20H,4H2,1-3H3. The van der Waals surface area contributed by atoms with Crippen molar-refractivity contribution in [2.24, 2.45) is 0 Å². The molecule has 1 aromatic carbocycles. The molecule has 24 heavy (non-hydrogen) atoms. The first-order valence-corrected chi connectivity index (χ1v) is 9.46. The van der Waals surface area contributed by atoms with Crippen LogP contribution in [0.5, 0.6) is 0 Å². The molecule has 1 heterocycles. The minimum atomic E-state index is -0.425. The second-order valence-corrected chi connectivity index (χ2v) is 8.40. The summed E-state index contributed by atoms with van der Waals surface area (Å²) in [5.74, 6) is -0.425. The number of thiophene rings is 1. The molecule has 0 aliphatic heterocycles. The van der Waals surface area contributed by atoms with Crippen LogP contribution in [0.1, 0.15) is 36.0 Å². The molecule has 0 saturated carbocycles. The number of nitrogens with zero attached hydrogens (tertiary/aromatic N) is 1. The third kappa shape index (κ3) is 4.44. The van der Waals surface area contributed by atoms with Gasteiger partial charge in [-0.25, -0.2) is 4.79 Å². The fourth-order valence-corrected chi connectivity index (χ4v) is 4.62. The van der Waals surface area contributed by atoms with Gasteiger partial charge in [0.2, 0.25) is 0 Å². The highest BCUT2D eigenvalue weighted by atomic mass is 35.5. The number of nitriles is 1. The van der Waals surface area contributed by atoms with Crippen LogP contribution < -0.4 is 5.32 Å². The highest BCUT2D eigenvalue weighted by Crippen LogP contribution is 2.42. The van der Waals surface area contributed by atoms with Gasteiger partial charge >= 0.3 is 5.97 Å². The van der Waals surface area contributed by atoms with E-state index in [0.29, 0.717) is 26.4 Å². The number of benzene rings is 1. The zero-order valence-electron chi connectivity index (χ0n) is 13.6. The summed E-state index contributed by atoms with van der Waals surface area (Å²) in [5.41, 5.74) is 1.71. The highest BCUT2D eigenvalue weighted by molar-refractivity contribution is 8.01. The van der Waals surface area contributed by atoms with Crippen LogP contribution in [-0.4, -0.2) is 17.8 Å². The molecule has 0 atom stereocenters. The number of nitrogens with one attached hydrogen (secondary N) is 1. The van der Waals surface area contributed by atoms with E-state index >= 15 is 0 Å². The Bertz CT molecular complexity index is 764. The predicted molar refractivity (Wildman–Crippen MR) is 101 cm³/mol. The molecule has 2 aromatic rings. The van der Waals surface area contributed by atoms with Crippen molar-refractivity contribution < 1.29 is 9.53 Å². The van der Waals surface area contributed by atoms with Crippen molar-refractivity contribution in [1.29, 1.82) is 5.26 Å². The summed E-state index contributed by atoms with van der Waals surface area (Å²) in [6.45, 7) is 6.13. The molecule has 1 aromatic heterocycles. The summed E-state index contributed by atoms with van der Waals surface area (Å²) in [6.07, 6.45) is 0. The molecule has 0 bridgehead atoms. The van der Waals surface area contributed by atoms with Crippen molar-refractivity contribution in [3.05, 3.63) is 39.7 Å². The zero-order chi connectivity index (χ0) is 17.7. The molecular formula is C17H17ClN2O2S2. The van der Waals surface area contributed by atoms with Gasteiger partial charge in [-0.2, -0.15) is 5.26 Å². The Kier molecular flexibility index (Phi) is 6.55. The number of carbonyl (C=O) groups excluding carboxylic acids is 1. The maximum atomic E-state index is 12.3. The van der Waals surface area contributed by atoms with Gasteiger partial charge in [-0.3, -0.25) is 0 Å². The molecule has 0 amide bonds. The van der Waals surface area contributed by atoms with Crippen LogP contribution in [0.25, 0.3) is 0 Å². The maximum Gasteiger partial charge on any atom is 0.350 e. The van der Waals surface area contributed by atoms with Gasteiger partial charge in [-0.1, -0.05) is 25.4 Å². The number of anilines is 2. The number of hydrogen-bond donors (Lipinski definition) is 1. The van der Waals surface area contributed by atoms with Crippen molar-refractivity contribution in [2.45, 2.75) is 30.2 Å². The lowest BCUT2D eigenvalue weighted by Gasteiger charge is -2.08. The van der Waals surface area contributed by atoms with E-state index < -0.39 is 5.97 Å². The third-order valence-corrected chi connectivity index (χ3v) is 5.55. The molecular weight excluding hydrogens is 364 g/mol. The van der Waals surface area contributed by atoms with Crippen LogP contribution in [0, 0.1) is 11.3 Å². The van der Waals surface area contributed by atoms with E-state index in [1.807, 2.05) is 13.8 Å². The first kappa shape index (κ1) is 18.7. The molecule has 0 spiro atoms.